The van der Waals surface area contributed by atoms with E-state index in [1.807, 2.05) is 132 Å². The van der Waals surface area contributed by atoms with Crippen molar-refractivity contribution in [2.75, 3.05) is 11.1 Å². The average Bonchev–Trinajstić information content (AvgIpc) is 3.01. The maximum atomic E-state index is 13.0. The van der Waals surface area contributed by atoms with Gasteiger partial charge in [0.05, 0.1) is 0 Å². The first-order valence-corrected chi connectivity index (χ1v) is 14.1. The quantitative estimate of drug-likeness (QED) is 0.103. The van der Waals surface area contributed by atoms with Crippen LogP contribution in [0.3, 0.4) is 0 Å². The summed E-state index contributed by atoms with van der Waals surface area (Å²) in [5.74, 6) is 2.23. The second kappa shape index (κ2) is 16.4. The molecule has 0 atom stereocenters. The number of hydrogen-bond acceptors (Lipinski definition) is 6. The Bertz CT molecular complexity index is 1660. The third-order valence-corrected chi connectivity index (χ3v) is 6.07. The molecular weight excluding hydrogens is 661 g/mol. The summed E-state index contributed by atoms with van der Waals surface area (Å²) in [6.07, 6.45) is 2.86. The molecule has 0 saturated carbocycles. The standard InChI is InChI=1S/C17H13FN2O.C12H11NO.C5H3FIN/c18-17-12-14(10-11-19-17)20-13-6-8-16(9-7-13)21-15-4-2-1-3-5-15;13-10-6-8-12(9-7-10)14-11-4-2-1-3-5-11;6-5-3-4(7)1-2-8-5/h1-12H,(H,19,20);1-9H,13H2;1-3H. The van der Waals surface area contributed by atoms with E-state index in [2.05, 4.69) is 15.3 Å². The van der Waals surface area contributed by atoms with E-state index < -0.39 is 11.9 Å². The lowest BCUT2D eigenvalue weighted by Crippen LogP contribution is -1.92. The van der Waals surface area contributed by atoms with Gasteiger partial charge in [-0.25, -0.2) is 9.97 Å². The minimum atomic E-state index is -0.510. The summed E-state index contributed by atoms with van der Waals surface area (Å²) in [5, 5.41) is 3.10. The molecule has 3 N–H and O–H groups in total. The Morgan fingerprint density at radius 2 is 1.00 bits per heavy atom. The molecule has 0 amide bonds. The molecular formula is C34H27F2IN4O2. The Balaban J connectivity index is 0.000000165. The second-order valence-electron chi connectivity index (χ2n) is 8.71. The lowest BCUT2D eigenvalue weighted by atomic mass is 10.3. The fourth-order valence-electron chi connectivity index (χ4n) is 3.42. The molecule has 0 radical (unpaired) electrons. The van der Waals surface area contributed by atoms with Gasteiger partial charge in [0.1, 0.15) is 23.0 Å². The SMILES string of the molecule is Fc1cc(I)ccn1.Fc1cc(Nc2ccc(Oc3ccccc3)cc2)ccn1.Nc1ccc(Oc2ccccc2)cc1. The van der Waals surface area contributed by atoms with Crippen molar-refractivity contribution >= 4 is 39.7 Å². The Morgan fingerprint density at radius 1 is 0.535 bits per heavy atom. The lowest BCUT2D eigenvalue weighted by Gasteiger charge is -2.08. The highest BCUT2D eigenvalue weighted by molar-refractivity contribution is 14.1. The molecule has 0 fully saturated rings. The van der Waals surface area contributed by atoms with Gasteiger partial charge >= 0.3 is 0 Å². The summed E-state index contributed by atoms with van der Waals surface area (Å²) < 4.78 is 37.2. The van der Waals surface area contributed by atoms with E-state index in [0.717, 1.165) is 37.9 Å². The smallest absolute Gasteiger partial charge is 0.214 e. The van der Waals surface area contributed by atoms with Crippen molar-refractivity contribution in [2.45, 2.75) is 0 Å². The van der Waals surface area contributed by atoms with Crippen molar-refractivity contribution in [2.24, 2.45) is 0 Å². The van der Waals surface area contributed by atoms with Gasteiger partial charge in [-0.1, -0.05) is 36.4 Å². The van der Waals surface area contributed by atoms with Crippen LogP contribution in [0.25, 0.3) is 0 Å². The number of rotatable bonds is 6. The zero-order valence-electron chi connectivity index (χ0n) is 22.8. The van der Waals surface area contributed by atoms with Crippen molar-refractivity contribution in [3.05, 3.63) is 161 Å². The number of aromatic nitrogens is 2. The van der Waals surface area contributed by atoms with Gasteiger partial charge in [0.15, 0.2) is 0 Å². The third-order valence-electron chi connectivity index (χ3n) is 5.40. The molecule has 0 unspecified atom stereocenters. The Kier molecular flexibility index (Phi) is 11.8. The molecule has 2 heterocycles. The third kappa shape index (κ3) is 11.4. The number of benzene rings is 4. The maximum absolute atomic E-state index is 13.0. The van der Waals surface area contributed by atoms with Crippen LogP contribution >= 0.6 is 22.6 Å². The Morgan fingerprint density at radius 3 is 1.47 bits per heavy atom. The molecule has 9 heteroatoms. The van der Waals surface area contributed by atoms with Gasteiger partial charge in [-0.2, -0.15) is 8.78 Å². The predicted octanol–water partition coefficient (Wildman–Crippen LogP) is 9.64. The summed E-state index contributed by atoms with van der Waals surface area (Å²) in [5.41, 5.74) is 7.81. The van der Waals surface area contributed by atoms with Crippen LogP contribution in [0.4, 0.5) is 25.8 Å². The first-order valence-electron chi connectivity index (χ1n) is 13.0. The number of hydrogen-bond donors (Lipinski definition) is 2. The maximum Gasteiger partial charge on any atom is 0.214 e. The van der Waals surface area contributed by atoms with Gasteiger partial charge in [0, 0.05) is 45.2 Å². The van der Waals surface area contributed by atoms with E-state index in [0.29, 0.717) is 5.69 Å². The van der Waals surface area contributed by atoms with Gasteiger partial charge in [-0.3, -0.25) is 0 Å². The highest BCUT2D eigenvalue weighted by Crippen LogP contribution is 2.24. The zero-order chi connectivity index (χ0) is 30.3. The molecule has 0 saturated heterocycles. The molecule has 4 aromatic carbocycles. The number of pyridine rings is 2. The van der Waals surface area contributed by atoms with Gasteiger partial charge in [0.2, 0.25) is 11.9 Å². The van der Waals surface area contributed by atoms with Crippen molar-refractivity contribution in [1.29, 1.82) is 0 Å². The number of ether oxygens (including phenoxy) is 2. The normalized spacial score (nSPS) is 9.84. The molecule has 6 aromatic rings. The fourth-order valence-corrected chi connectivity index (χ4v) is 3.83. The van der Waals surface area contributed by atoms with Crippen LogP contribution in [0.15, 0.2) is 146 Å². The number of nitrogens with two attached hydrogens (primary N) is 1. The van der Waals surface area contributed by atoms with Crippen molar-refractivity contribution in [3.8, 4) is 23.0 Å². The largest absolute Gasteiger partial charge is 0.457 e. The van der Waals surface area contributed by atoms with E-state index in [1.54, 1.807) is 12.1 Å². The van der Waals surface area contributed by atoms with Crippen LogP contribution in [0.2, 0.25) is 0 Å². The van der Waals surface area contributed by atoms with Crippen LogP contribution in [0, 0.1) is 15.5 Å². The number of nitrogen functional groups attached to an aromatic ring is 1. The topological polar surface area (TPSA) is 82.3 Å². The minimum absolute atomic E-state index is 0.420. The van der Waals surface area contributed by atoms with E-state index in [9.17, 15) is 8.78 Å². The number of nitrogens with zero attached hydrogens (tertiary/aromatic N) is 2. The van der Waals surface area contributed by atoms with Crippen LogP contribution in [-0.2, 0) is 0 Å². The average molecular weight is 689 g/mol. The molecule has 216 valence electrons. The summed E-state index contributed by atoms with van der Waals surface area (Å²) in [7, 11) is 0. The molecule has 6 rings (SSSR count). The van der Waals surface area contributed by atoms with E-state index in [1.165, 1.54) is 24.5 Å². The number of anilines is 3. The first kappa shape index (κ1) is 30.9. The fraction of sp³-hybridized carbons (Fsp3) is 0. The van der Waals surface area contributed by atoms with Crippen LogP contribution in [0.1, 0.15) is 0 Å². The molecule has 6 nitrogen and oxygen atoms in total. The van der Waals surface area contributed by atoms with Crippen LogP contribution in [0.5, 0.6) is 23.0 Å². The van der Waals surface area contributed by atoms with E-state index >= 15 is 0 Å². The van der Waals surface area contributed by atoms with Crippen molar-refractivity contribution < 1.29 is 18.3 Å². The van der Waals surface area contributed by atoms with E-state index in [-0.39, 0.29) is 0 Å². The summed E-state index contributed by atoms with van der Waals surface area (Å²) >= 11 is 2.03. The Hall–Kier alpha value is -5.03. The molecule has 0 spiro atoms. The van der Waals surface area contributed by atoms with E-state index in [4.69, 9.17) is 15.2 Å². The second-order valence-corrected chi connectivity index (χ2v) is 9.96. The summed E-state index contributed by atoms with van der Waals surface area (Å²) in [4.78, 5) is 6.88. The molecule has 43 heavy (non-hydrogen) atoms. The van der Waals surface area contributed by atoms with Gasteiger partial charge in [-0.15, -0.1) is 0 Å². The molecule has 0 aliphatic carbocycles. The first-order chi connectivity index (χ1) is 20.9. The number of para-hydroxylation sites is 2. The monoisotopic (exact) mass is 688 g/mol. The highest BCUT2D eigenvalue weighted by atomic mass is 127. The van der Waals surface area contributed by atoms with Crippen LogP contribution in [-0.4, -0.2) is 9.97 Å². The minimum Gasteiger partial charge on any atom is -0.457 e. The van der Waals surface area contributed by atoms with Gasteiger partial charge < -0.3 is 20.5 Å². The van der Waals surface area contributed by atoms with Gasteiger partial charge in [0.25, 0.3) is 0 Å². The molecule has 0 aliphatic rings. The molecule has 0 aliphatic heterocycles. The number of halogens is 3. The Labute approximate surface area is 262 Å². The lowest BCUT2D eigenvalue weighted by molar-refractivity contribution is 0.482. The molecule has 2 aromatic heterocycles. The predicted molar refractivity (Wildman–Crippen MR) is 175 cm³/mol. The van der Waals surface area contributed by atoms with Gasteiger partial charge in [-0.05, 0) is 108 Å². The van der Waals surface area contributed by atoms with Crippen LogP contribution < -0.4 is 20.5 Å². The van der Waals surface area contributed by atoms with Crippen molar-refractivity contribution in [3.63, 3.8) is 0 Å². The number of nitrogens with one attached hydrogen (secondary N) is 1. The zero-order valence-corrected chi connectivity index (χ0v) is 24.9. The summed E-state index contributed by atoms with van der Waals surface area (Å²) in [6, 6.07) is 40.2. The van der Waals surface area contributed by atoms with Crippen molar-refractivity contribution in [1.82, 2.24) is 9.97 Å². The molecule has 0 bridgehead atoms. The summed E-state index contributed by atoms with van der Waals surface area (Å²) in [6.45, 7) is 0. The highest BCUT2D eigenvalue weighted by Gasteiger charge is 2.00.